The van der Waals surface area contributed by atoms with Crippen LogP contribution >= 0.6 is 0 Å². The minimum Gasteiger partial charge on any atom is -0.385 e. The normalized spacial score (nSPS) is 12.3. The average Bonchev–Trinajstić information content (AvgIpc) is 2.94. The van der Waals surface area contributed by atoms with E-state index in [4.69, 9.17) is 15.0 Å². The number of hydrogen-bond acceptors (Lipinski definition) is 7. The van der Waals surface area contributed by atoms with Gasteiger partial charge in [0, 0.05) is 31.4 Å². The van der Waals surface area contributed by atoms with Gasteiger partial charge in [-0.2, -0.15) is 4.98 Å². The summed E-state index contributed by atoms with van der Waals surface area (Å²) < 4.78 is 10.1. The van der Waals surface area contributed by atoms with Crippen molar-refractivity contribution in [2.45, 2.75) is 19.4 Å². The van der Waals surface area contributed by atoms with Gasteiger partial charge in [-0.3, -0.25) is 10.1 Å². The Bertz CT molecular complexity index is 641. The van der Waals surface area contributed by atoms with E-state index in [1.807, 2.05) is 6.92 Å². The van der Waals surface area contributed by atoms with Crippen molar-refractivity contribution in [3.63, 3.8) is 0 Å². The summed E-state index contributed by atoms with van der Waals surface area (Å²) in [5.74, 6) is 0.576. The molecule has 0 amide bonds. The average molecular weight is 292 g/mol. The summed E-state index contributed by atoms with van der Waals surface area (Å²) >= 11 is 0. The SMILES string of the molecule is COCCC(N)c1nc(-c2cc([N+](=O)[O-])ccc2C)no1. The third-order valence-electron chi connectivity index (χ3n) is 3.06. The number of rotatable bonds is 6. The van der Waals surface area contributed by atoms with E-state index >= 15 is 0 Å². The van der Waals surface area contributed by atoms with E-state index < -0.39 is 11.0 Å². The van der Waals surface area contributed by atoms with Crippen molar-refractivity contribution >= 4 is 5.69 Å². The lowest BCUT2D eigenvalue weighted by Gasteiger charge is -2.04. The predicted octanol–water partition coefficient (Wildman–Crippen LogP) is 1.99. The van der Waals surface area contributed by atoms with Gasteiger partial charge in [-0.15, -0.1) is 0 Å². The van der Waals surface area contributed by atoms with E-state index in [0.29, 0.717) is 24.4 Å². The molecule has 112 valence electrons. The van der Waals surface area contributed by atoms with Gasteiger partial charge in [0.15, 0.2) is 0 Å². The number of nitro benzene ring substituents is 1. The Labute approximate surface area is 121 Å². The van der Waals surface area contributed by atoms with Gasteiger partial charge in [-0.25, -0.2) is 0 Å². The highest BCUT2D eigenvalue weighted by molar-refractivity contribution is 5.63. The molecule has 8 nitrogen and oxygen atoms in total. The molecule has 0 bridgehead atoms. The third-order valence-corrected chi connectivity index (χ3v) is 3.06. The van der Waals surface area contributed by atoms with Crippen LogP contribution in [0.3, 0.4) is 0 Å². The molecular weight excluding hydrogens is 276 g/mol. The molecule has 0 aliphatic heterocycles. The van der Waals surface area contributed by atoms with E-state index in [0.717, 1.165) is 5.56 Å². The maximum atomic E-state index is 10.8. The maximum Gasteiger partial charge on any atom is 0.270 e. The first kappa shape index (κ1) is 15.1. The summed E-state index contributed by atoms with van der Waals surface area (Å²) in [6.45, 7) is 2.30. The fraction of sp³-hybridized carbons (Fsp3) is 0.385. The summed E-state index contributed by atoms with van der Waals surface area (Å²) in [5, 5.41) is 14.7. The van der Waals surface area contributed by atoms with Gasteiger partial charge in [-0.1, -0.05) is 11.2 Å². The highest BCUT2D eigenvalue weighted by atomic mass is 16.6. The summed E-state index contributed by atoms with van der Waals surface area (Å²) in [5.41, 5.74) is 7.25. The number of nitro groups is 1. The zero-order valence-corrected chi connectivity index (χ0v) is 11.8. The van der Waals surface area contributed by atoms with Gasteiger partial charge in [0.1, 0.15) is 0 Å². The summed E-state index contributed by atoms with van der Waals surface area (Å²) in [7, 11) is 1.58. The van der Waals surface area contributed by atoms with Crippen molar-refractivity contribution in [2.24, 2.45) is 5.73 Å². The van der Waals surface area contributed by atoms with Crippen molar-refractivity contribution in [2.75, 3.05) is 13.7 Å². The van der Waals surface area contributed by atoms with Crippen LogP contribution in [0.4, 0.5) is 5.69 Å². The number of nitrogens with zero attached hydrogens (tertiary/aromatic N) is 3. The molecule has 2 N–H and O–H groups in total. The van der Waals surface area contributed by atoms with Gasteiger partial charge >= 0.3 is 0 Å². The largest absolute Gasteiger partial charge is 0.385 e. The Morgan fingerprint density at radius 2 is 2.29 bits per heavy atom. The van der Waals surface area contributed by atoms with Crippen molar-refractivity contribution < 1.29 is 14.2 Å². The van der Waals surface area contributed by atoms with Crippen LogP contribution in [0.25, 0.3) is 11.4 Å². The van der Waals surface area contributed by atoms with Crippen LogP contribution in [-0.2, 0) is 4.74 Å². The first-order valence-corrected chi connectivity index (χ1v) is 6.36. The number of benzene rings is 1. The predicted molar refractivity (Wildman–Crippen MR) is 74.5 cm³/mol. The fourth-order valence-electron chi connectivity index (χ4n) is 1.83. The standard InChI is InChI=1S/C13H16N4O4/c1-8-3-4-9(17(18)19)7-10(8)12-15-13(21-16-12)11(14)5-6-20-2/h3-4,7,11H,5-6,14H2,1-2H3. The van der Waals surface area contributed by atoms with E-state index in [1.165, 1.54) is 12.1 Å². The van der Waals surface area contributed by atoms with Crippen molar-refractivity contribution in [3.8, 4) is 11.4 Å². The Morgan fingerprint density at radius 1 is 1.52 bits per heavy atom. The smallest absolute Gasteiger partial charge is 0.270 e. The quantitative estimate of drug-likeness (QED) is 0.638. The molecular formula is C13H16N4O4. The number of ether oxygens (including phenoxy) is 1. The van der Waals surface area contributed by atoms with Crippen molar-refractivity contribution in [3.05, 3.63) is 39.8 Å². The number of nitrogens with two attached hydrogens (primary N) is 1. The number of aryl methyl sites for hydroxylation is 1. The molecule has 2 aromatic rings. The Balaban J connectivity index is 2.29. The fourth-order valence-corrected chi connectivity index (χ4v) is 1.83. The molecule has 21 heavy (non-hydrogen) atoms. The molecule has 0 fully saturated rings. The number of non-ortho nitro benzene ring substituents is 1. The minimum absolute atomic E-state index is 0.0226. The number of methoxy groups -OCH3 is 1. The van der Waals surface area contributed by atoms with Crippen molar-refractivity contribution in [1.82, 2.24) is 10.1 Å². The van der Waals surface area contributed by atoms with Gasteiger partial charge in [0.25, 0.3) is 5.69 Å². The lowest BCUT2D eigenvalue weighted by molar-refractivity contribution is -0.384. The van der Waals surface area contributed by atoms with Crippen LogP contribution in [0.5, 0.6) is 0 Å². The van der Waals surface area contributed by atoms with Crippen LogP contribution < -0.4 is 5.73 Å². The lowest BCUT2D eigenvalue weighted by atomic mass is 10.1. The molecule has 0 spiro atoms. The van der Waals surface area contributed by atoms with Crippen LogP contribution in [0.2, 0.25) is 0 Å². The Kier molecular flexibility index (Phi) is 4.61. The zero-order valence-electron chi connectivity index (χ0n) is 11.8. The lowest BCUT2D eigenvalue weighted by Crippen LogP contribution is -2.13. The third kappa shape index (κ3) is 3.41. The van der Waals surface area contributed by atoms with E-state index in [1.54, 1.807) is 13.2 Å². The topological polar surface area (TPSA) is 117 Å². The Hall–Kier alpha value is -2.32. The zero-order chi connectivity index (χ0) is 15.4. The molecule has 1 heterocycles. The molecule has 0 radical (unpaired) electrons. The van der Waals surface area contributed by atoms with E-state index in [-0.39, 0.29) is 11.6 Å². The number of hydrogen-bond donors (Lipinski definition) is 1. The summed E-state index contributed by atoms with van der Waals surface area (Å²) in [6.07, 6.45) is 0.548. The molecule has 1 aromatic carbocycles. The first-order chi connectivity index (χ1) is 10.0. The van der Waals surface area contributed by atoms with Crippen LogP contribution in [0.1, 0.15) is 23.9 Å². The first-order valence-electron chi connectivity index (χ1n) is 6.36. The number of aromatic nitrogens is 2. The minimum atomic E-state index is -0.464. The maximum absolute atomic E-state index is 10.8. The molecule has 1 atom stereocenters. The van der Waals surface area contributed by atoms with Crippen LogP contribution in [0.15, 0.2) is 22.7 Å². The van der Waals surface area contributed by atoms with Gasteiger partial charge < -0.3 is 15.0 Å². The molecule has 0 saturated carbocycles. The van der Waals surface area contributed by atoms with Crippen molar-refractivity contribution in [1.29, 1.82) is 0 Å². The second kappa shape index (κ2) is 6.42. The molecule has 0 aliphatic rings. The highest BCUT2D eigenvalue weighted by Gasteiger charge is 2.18. The van der Waals surface area contributed by atoms with E-state index in [2.05, 4.69) is 10.1 Å². The summed E-state index contributed by atoms with van der Waals surface area (Å²) in [6, 6.07) is 4.08. The van der Waals surface area contributed by atoms with E-state index in [9.17, 15) is 10.1 Å². The van der Waals surface area contributed by atoms with Gasteiger partial charge in [-0.05, 0) is 18.9 Å². The molecule has 8 heteroatoms. The molecule has 1 unspecified atom stereocenters. The highest BCUT2D eigenvalue weighted by Crippen LogP contribution is 2.26. The monoisotopic (exact) mass is 292 g/mol. The second-order valence-electron chi connectivity index (χ2n) is 4.60. The van der Waals surface area contributed by atoms with Crippen LogP contribution in [0, 0.1) is 17.0 Å². The molecule has 0 saturated heterocycles. The Morgan fingerprint density at radius 3 is 2.95 bits per heavy atom. The van der Waals surface area contributed by atoms with Gasteiger partial charge in [0.2, 0.25) is 11.7 Å². The molecule has 2 rings (SSSR count). The van der Waals surface area contributed by atoms with Crippen LogP contribution in [-0.4, -0.2) is 28.8 Å². The molecule has 1 aromatic heterocycles. The van der Waals surface area contributed by atoms with Gasteiger partial charge in [0.05, 0.1) is 11.0 Å². The molecule has 0 aliphatic carbocycles. The summed E-state index contributed by atoms with van der Waals surface area (Å²) in [4.78, 5) is 14.6. The second-order valence-corrected chi connectivity index (χ2v) is 4.60.